The van der Waals surface area contributed by atoms with E-state index in [0.717, 1.165) is 16.6 Å². The highest BCUT2D eigenvalue weighted by atomic mass is 16.6. The van der Waals surface area contributed by atoms with Crippen molar-refractivity contribution in [2.75, 3.05) is 0 Å². The molecule has 1 aromatic carbocycles. The third kappa shape index (κ3) is 1.87. The van der Waals surface area contributed by atoms with E-state index in [1.807, 2.05) is 25.3 Å². The molecular weight excluding hydrogens is 244 g/mol. The Hall–Kier alpha value is -2.63. The zero-order valence-corrected chi connectivity index (χ0v) is 10.3. The molecule has 96 valence electrons. The molecule has 19 heavy (non-hydrogen) atoms. The van der Waals surface area contributed by atoms with Crippen LogP contribution in [0.15, 0.2) is 42.7 Å². The minimum absolute atomic E-state index is 0.00509. The summed E-state index contributed by atoms with van der Waals surface area (Å²) in [6.07, 6.45) is 3.57. The topological polar surface area (TPSA) is 76.8 Å². The van der Waals surface area contributed by atoms with Gasteiger partial charge in [0.25, 0.3) is 5.69 Å². The lowest BCUT2D eigenvalue weighted by Gasteiger charge is -2.11. The summed E-state index contributed by atoms with van der Waals surface area (Å²) in [6, 6.07) is 8.65. The summed E-state index contributed by atoms with van der Waals surface area (Å²) >= 11 is 0. The zero-order chi connectivity index (χ0) is 13.4. The van der Waals surface area contributed by atoms with Gasteiger partial charge in [0, 0.05) is 29.4 Å². The predicted molar refractivity (Wildman–Crippen MR) is 71.0 cm³/mol. The first kappa shape index (κ1) is 11.5. The largest absolute Gasteiger partial charge is 0.363 e. The van der Waals surface area contributed by atoms with Gasteiger partial charge in [0.05, 0.1) is 22.7 Å². The van der Waals surface area contributed by atoms with Crippen molar-refractivity contribution < 1.29 is 4.92 Å². The van der Waals surface area contributed by atoms with Gasteiger partial charge in [0.15, 0.2) is 0 Å². The first-order valence-electron chi connectivity index (χ1n) is 5.92. The lowest BCUT2D eigenvalue weighted by atomic mass is 10.2. The van der Waals surface area contributed by atoms with Crippen LogP contribution in [-0.4, -0.2) is 19.7 Å². The van der Waals surface area contributed by atoms with Gasteiger partial charge in [-0.25, -0.2) is 0 Å². The molecule has 1 N–H and O–H groups in total. The summed E-state index contributed by atoms with van der Waals surface area (Å²) in [6.45, 7) is 2.00. The van der Waals surface area contributed by atoms with Crippen LogP contribution in [0, 0.1) is 10.1 Å². The van der Waals surface area contributed by atoms with E-state index in [-0.39, 0.29) is 11.7 Å². The molecule has 2 heterocycles. The number of nitrogens with zero attached hydrogens (tertiary/aromatic N) is 3. The first-order chi connectivity index (χ1) is 9.16. The summed E-state index contributed by atoms with van der Waals surface area (Å²) in [4.78, 5) is 13.6. The molecule has 0 saturated heterocycles. The lowest BCUT2D eigenvalue weighted by Crippen LogP contribution is -2.08. The third-order valence-corrected chi connectivity index (χ3v) is 3.23. The summed E-state index contributed by atoms with van der Waals surface area (Å²) in [5, 5.41) is 16.1. The second-order valence-corrected chi connectivity index (χ2v) is 4.39. The van der Waals surface area contributed by atoms with Gasteiger partial charge >= 0.3 is 0 Å². The smallest absolute Gasteiger partial charge is 0.271 e. The van der Waals surface area contributed by atoms with E-state index in [9.17, 15) is 10.1 Å². The number of nitro benzene ring substituents is 1. The van der Waals surface area contributed by atoms with E-state index < -0.39 is 4.92 Å². The summed E-state index contributed by atoms with van der Waals surface area (Å²) < 4.78 is 1.79. The minimum Gasteiger partial charge on any atom is -0.363 e. The average Bonchev–Trinajstić information content (AvgIpc) is 3.06. The molecule has 0 amide bonds. The number of fused-ring (bicyclic) bond motifs is 1. The second-order valence-electron chi connectivity index (χ2n) is 4.39. The fourth-order valence-corrected chi connectivity index (χ4v) is 2.18. The summed E-state index contributed by atoms with van der Waals surface area (Å²) in [5.41, 5.74) is 1.85. The Balaban J connectivity index is 2.13. The van der Waals surface area contributed by atoms with Crippen LogP contribution >= 0.6 is 0 Å². The third-order valence-electron chi connectivity index (χ3n) is 3.23. The summed E-state index contributed by atoms with van der Waals surface area (Å²) in [7, 11) is 0. The standard InChI is InChI=1S/C13H12N4O2/c1-9(12-3-2-6-14-12)16-13-7-11(17(18)19)5-4-10(13)8-15-16/h2-9,14H,1H3. The van der Waals surface area contributed by atoms with Gasteiger partial charge < -0.3 is 4.98 Å². The minimum atomic E-state index is -0.393. The molecule has 0 fully saturated rings. The van der Waals surface area contributed by atoms with Crippen LogP contribution < -0.4 is 0 Å². The highest BCUT2D eigenvalue weighted by Gasteiger charge is 2.15. The van der Waals surface area contributed by atoms with Crippen molar-refractivity contribution in [3.63, 3.8) is 0 Å². The van der Waals surface area contributed by atoms with Gasteiger partial charge in [-0.3, -0.25) is 14.8 Å². The monoisotopic (exact) mass is 256 g/mol. The number of nitrogens with one attached hydrogen (secondary N) is 1. The number of hydrogen-bond donors (Lipinski definition) is 1. The maximum Gasteiger partial charge on any atom is 0.271 e. The number of hydrogen-bond acceptors (Lipinski definition) is 3. The Labute approximate surface area is 108 Å². The molecule has 1 unspecified atom stereocenters. The van der Waals surface area contributed by atoms with Crippen molar-refractivity contribution in [3.8, 4) is 0 Å². The van der Waals surface area contributed by atoms with E-state index in [0.29, 0.717) is 0 Å². The van der Waals surface area contributed by atoms with Gasteiger partial charge in [-0.2, -0.15) is 5.10 Å². The van der Waals surface area contributed by atoms with Gasteiger partial charge in [-0.05, 0) is 25.1 Å². The van der Waals surface area contributed by atoms with E-state index in [4.69, 9.17) is 0 Å². The van der Waals surface area contributed by atoms with Crippen molar-refractivity contribution in [2.24, 2.45) is 0 Å². The second kappa shape index (κ2) is 4.24. The molecule has 0 aliphatic rings. The molecule has 3 rings (SSSR count). The SMILES string of the molecule is CC(c1ccc[nH]1)n1ncc2ccc([N+](=O)[O-])cc21. The molecule has 0 saturated carbocycles. The van der Waals surface area contributed by atoms with E-state index in [2.05, 4.69) is 10.1 Å². The van der Waals surface area contributed by atoms with Crippen LogP contribution in [0.25, 0.3) is 10.9 Å². The highest BCUT2D eigenvalue weighted by molar-refractivity contribution is 5.81. The van der Waals surface area contributed by atoms with E-state index >= 15 is 0 Å². The first-order valence-corrected chi connectivity index (χ1v) is 5.92. The van der Waals surface area contributed by atoms with E-state index in [1.54, 1.807) is 23.0 Å². The molecule has 0 spiro atoms. The molecular formula is C13H12N4O2. The average molecular weight is 256 g/mol. The maximum atomic E-state index is 10.8. The molecule has 0 aliphatic heterocycles. The van der Waals surface area contributed by atoms with Crippen molar-refractivity contribution >= 4 is 16.6 Å². The molecule has 0 aliphatic carbocycles. The van der Waals surface area contributed by atoms with Crippen LogP contribution in [0.5, 0.6) is 0 Å². The number of nitro groups is 1. The van der Waals surface area contributed by atoms with Crippen molar-refractivity contribution in [3.05, 3.63) is 58.5 Å². The molecule has 0 radical (unpaired) electrons. The van der Waals surface area contributed by atoms with Gasteiger partial charge in [-0.1, -0.05) is 0 Å². The highest BCUT2D eigenvalue weighted by Crippen LogP contribution is 2.25. The Morgan fingerprint density at radius 2 is 2.26 bits per heavy atom. The number of non-ortho nitro benzene ring substituents is 1. The summed E-state index contributed by atoms with van der Waals surface area (Å²) in [5.74, 6) is 0. The number of H-pyrrole nitrogens is 1. The Morgan fingerprint density at radius 1 is 1.42 bits per heavy atom. The molecule has 1 atom stereocenters. The molecule has 2 aromatic heterocycles. The predicted octanol–water partition coefficient (Wildman–Crippen LogP) is 2.88. The van der Waals surface area contributed by atoms with Crippen LogP contribution in [0.3, 0.4) is 0 Å². The maximum absolute atomic E-state index is 10.8. The Bertz CT molecular complexity index is 730. The normalized spacial score (nSPS) is 12.7. The Morgan fingerprint density at radius 3 is 2.95 bits per heavy atom. The van der Waals surface area contributed by atoms with Crippen LogP contribution in [0.4, 0.5) is 5.69 Å². The molecule has 6 nitrogen and oxygen atoms in total. The van der Waals surface area contributed by atoms with Crippen LogP contribution in [-0.2, 0) is 0 Å². The van der Waals surface area contributed by atoms with E-state index in [1.165, 1.54) is 6.07 Å². The number of aromatic amines is 1. The number of rotatable bonds is 3. The number of benzene rings is 1. The van der Waals surface area contributed by atoms with Crippen molar-refractivity contribution in [2.45, 2.75) is 13.0 Å². The Kier molecular flexibility index (Phi) is 2.56. The van der Waals surface area contributed by atoms with Crippen molar-refractivity contribution in [1.29, 1.82) is 0 Å². The van der Waals surface area contributed by atoms with Crippen LogP contribution in [0.2, 0.25) is 0 Å². The quantitative estimate of drug-likeness (QED) is 0.578. The van der Waals surface area contributed by atoms with Gasteiger partial charge in [-0.15, -0.1) is 0 Å². The molecule has 3 aromatic rings. The molecule has 6 heteroatoms. The van der Waals surface area contributed by atoms with Crippen molar-refractivity contribution in [1.82, 2.24) is 14.8 Å². The van der Waals surface area contributed by atoms with Gasteiger partial charge in [0.1, 0.15) is 0 Å². The number of aromatic nitrogens is 3. The van der Waals surface area contributed by atoms with Gasteiger partial charge in [0.2, 0.25) is 0 Å². The zero-order valence-electron chi connectivity index (χ0n) is 10.3. The fraction of sp³-hybridized carbons (Fsp3) is 0.154. The molecule has 0 bridgehead atoms. The van der Waals surface area contributed by atoms with Crippen LogP contribution in [0.1, 0.15) is 18.7 Å². The lowest BCUT2D eigenvalue weighted by molar-refractivity contribution is -0.384. The fourth-order valence-electron chi connectivity index (χ4n) is 2.18.